The van der Waals surface area contributed by atoms with Gasteiger partial charge >= 0.3 is 0 Å². The summed E-state index contributed by atoms with van der Waals surface area (Å²) in [6.45, 7) is 3.52. The summed E-state index contributed by atoms with van der Waals surface area (Å²) >= 11 is 0. The van der Waals surface area contributed by atoms with E-state index in [9.17, 15) is 4.79 Å². The van der Waals surface area contributed by atoms with Crippen molar-refractivity contribution in [2.75, 3.05) is 18.1 Å². The second kappa shape index (κ2) is 5.32. The second-order valence-electron chi connectivity index (χ2n) is 4.68. The molecular weight excluding hydrogens is 256 g/mol. The molecule has 104 valence electrons. The minimum Gasteiger partial charge on any atom is -0.480 e. The van der Waals surface area contributed by atoms with E-state index in [1.165, 1.54) is 0 Å². The third-order valence-corrected chi connectivity index (χ3v) is 3.36. The number of carbonyl (C=O) groups is 1. The van der Waals surface area contributed by atoms with Crippen molar-refractivity contribution in [3.63, 3.8) is 0 Å². The van der Waals surface area contributed by atoms with E-state index in [1.807, 2.05) is 25.3 Å². The molecule has 0 atom stereocenters. The molecule has 1 aliphatic rings. The van der Waals surface area contributed by atoms with Crippen molar-refractivity contribution >= 4 is 11.7 Å². The van der Waals surface area contributed by atoms with Gasteiger partial charge in [-0.15, -0.1) is 0 Å². The van der Waals surface area contributed by atoms with Gasteiger partial charge in [0.25, 0.3) is 5.91 Å². The van der Waals surface area contributed by atoms with E-state index in [4.69, 9.17) is 4.74 Å². The van der Waals surface area contributed by atoms with Gasteiger partial charge in [0.15, 0.2) is 18.2 Å². The molecule has 2 aromatic rings. The highest BCUT2D eigenvalue weighted by Crippen LogP contribution is 2.28. The maximum Gasteiger partial charge on any atom is 0.266 e. The van der Waals surface area contributed by atoms with Crippen LogP contribution in [0.1, 0.15) is 12.2 Å². The summed E-state index contributed by atoms with van der Waals surface area (Å²) in [5, 5.41) is 0. The average Bonchev–Trinajstić information content (AvgIpc) is 2.87. The molecule has 0 saturated carbocycles. The number of aromatic nitrogens is 3. The molecule has 0 spiro atoms. The monoisotopic (exact) mass is 272 g/mol. The van der Waals surface area contributed by atoms with E-state index in [-0.39, 0.29) is 12.5 Å². The fourth-order valence-corrected chi connectivity index (χ4v) is 2.30. The lowest BCUT2D eigenvalue weighted by Gasteiger charge is -2.28. The zero-order valence-electron chi connectivity index (χ0n) is 11.3. The van der Waals surface area contributed by atoms with Gasteiger partial charge in [0.1, 0.15) is 5.82 Å². The number of rotatable bonds is 4. The van der Waals surface area contributed by atoms with Gasteiger partial charge in [-0.2, -0.15) is 0 Å². The molecule has 2 aromatic heterocycles. The first-order chi connectivity index (χ1) is 9.75. The molecule has 3 heterocycles. The maximum atomic E-state index is 12.0. The molecule has 0 unspecified atom stereocenters. The molecule has 0 radical (unpaired) electrons. The number of hydrogen-bond donors (Lipinski definition) is 0. The third kappa shape index (κ3) is 2.36. The summed E-state index contributed by atoms with van der Waals surface area (Å²) in [6, 6.07) is 3.64. The second-order valence-corrected chi connectivity index (χ2v) is 4.68. The first kappa shape index (κ1) is 12.7. The SMILES string of the molecule is Cc1nccn1CCCN1C(=O)COc2cccnc21. The fourth-order valence-electron chi connectivity index (χ4n) is 2.30. The Labute approximate surface area is 117 Å². The lowest BCUT2D eigenvalue weighted by atomic mass is 10.3. The highest BCUT2D eigenvalue weighted by Gasteiger charge is 2.25. The number of nitrogens with zero attached hydrogens (tertiary/aromatic N) is 4. The van der Waals surface area contributed by atoms with E-state index in [1.54, 1.807) is 17.3 Å². The standard InChI is InChI=1S/C14H16N4O2/c1-11-15-6-9-17(11)7-3-8-18-13(19)10-20-12-4-2-5-16-14(12)18/h2,4-6,9H,3,7-8,10H2,1H3. The van der Waals surface area contributed by atoms with Crippen LogP contribution < -0.4 is 9.64 Å². The molecule has 0 saturated heterocycles. The molecule has 1 amide bonds. The van der Waals surface area contributed by atoms with Gasteiger partial charge < -0.3 is 9.30 Å². The number of ether oxygens (including phenoxy) is 1. The summed E-state index contributed by atoms with van der Waals surface area (Å²) in [6.07, 6.45) is 6.25. The van der Waals surface area contributed by atoms with Crippen molar-refractivity contribution in [2.24, 2.45) is 0 Å². The minimum absolute atomic E-state index is 0.0430. The summed E-state index contributed by atoms with van der Waals surface area (Å²) in [7, 11) is 0. The Kier molecular flexibility index (Phi) is 3.37. The van der Waals surface area contributed by atoms with Gasteiger partial charge in [0.2, 0.25) is 0 Å². The first-order valence-electron chi connectivity index (χ1n) is 6.61. The van der Waals surface area contributed by atoms with Crippen LogP contribution in [0.2, 0.25) is 0 Å². The van der Waals surface area contributed by atoms with E-state index < -0.39 is 0 Å². The van der Waals surface area contributed by atoms with Gasteiger partial charge in [-0.3, -0.25) is 9.69 Å². The third-order valence-electron chi connectivity index (χ3n) is 3.36. The lowest BCUT2D eigenvalue weighted by Crippen LogP contribution is -2.40. The van der Waals surface area contributed by atoms with Crippen molar-refractivity contribution in [1.82, 2.24) is 14.5 Å². The molecule has 0 aliphatic carbocycles. The van der Waals surface area contributed by atoms with Crippen LogP contribution in [0.5, 0.6) is 5.75 Å². The number of carbonyl (C=O) groups excluding carboxylic acids is 1. The molecular formula is C14H16N4O2. The molecule has 3 rings (SSSR count). The first-order valence-corrected chi connectivity index (χ1v) is 6.61. The minimum atomic E-state index is -0.0430. The molecule has 6 heteroatoms. The number of pyridine rings is 1. The molecule has 0 bridgehead atoms. The lowest BCUT2D eigenvalue weighted by molar-refractivity contribution is -0.121. The summed E-state index contributed by atoms with van der Waals surface area (Å²) < 4.78 is 7.44. The Morgan fingerprint density at radius 1 is 1.30 bits per heavy atom. The predicted octanol–water partition coefficient (Wildman–Crippen LogP) is 1.40. The number of imidazole rings is 1. The van der Waals surface area contributed by atoms with Gasteiger partial charge in [0, 0.05) is 31.7 Å². The molecule has 0 aromatic carbocycles. The summed E-state index contributed by atoms with van der Waals surface area (Å²) in [5.41, 5.74) is 0. The van der Waals surface area contributed by atoms with Gasteiger partial charge in [0.05, 0.1) is 0 Å². The Morgan fingerprint density at radius 2 is 2.20 bits per heavy atom. The maximum absolute atomic E-state index is 12.0. The fraction of sp³-hybridized carbons (Fsp3) is 0.357. The van der Waals surface area contributed by atoms with Gasteiger partial charge in [-0.25, -0.2) is 9.97 Å². The van der Waals surface area contributed by atoms with Crippen molar-refractivity contribution in [3.05, 3.63) is 36.5 Å². The van der Waals surface area contributed by atoms with E-state index in [0.29, 0.717) is 18.1 Å². The highest BCUT2D eigenvalue weighted by molar-refractivity contribution is 5.96. The van der Waals surface area contributed by atoms with Crippen LogP contribution >= 0.6 is 0 Å². The van der Waals surface area contributed by atoms with Crippen LogP contribution in [-0.2, 0) is 11.3 Å². The average molecular weight is 272 g/mol. The number of amides is 1. The van der Waals surface area contributed by atoms with Crippen molar-refractivity contribution in [3.8, 4) is 5.75 Å². The number of hydrogen-bond acceptors (Lipinski definition) is 4. The number of fused-ring (bicyclic) bond motifs is 1. The largest absolute Gasteiger partial charge is 0.480 e. The van der Waals surface area contributed by atoms with E-state index in [0.717, 1.165) is 18.8 Å². The zero-order chi connectivity index (χ0) is 13.9. The topological polar surface area (TPSA) is 60.2 Å². The summed E-state index contributed by atoms with van der Waals surface area (Å²) in [5.74, 6) is 2.23. The van der Waals surface area contributed by atoms with Crippen LogP contribution in [-0.4, -0.2) is 33.6 Å². The van der Waals surface area contributed by atoms with Crippen LogP contribution in [0.15, 0.2) is 30.7 Å². The predicted molar refractivity (Wildman–Crippen MR) is 73.7 cm³/mol. The normalized spacial score (nSPS) is 14.1. The molecule has 1 aliphatic heterocycles. The van der Waals surface area contributed by atoms with Crippen LogP contribution in [0.4, 0.5) is 5.82 Å². The highest BCUT2D eigenvalue weighted by atomic mass is 16.5. The summed E-state index contributed by atoms with van der Waals surface area (Å²) in [4.78, 5) is 22.1. The molecule has 0 fully saturated rings. The number of anilines is 1. The Balaban J connectivity index is 1.68. The van der Waals surface area contributed by atoms with Crippen LogP contribution in [0.25, 0.3) is 0 Å². The number of aryl methyl sites for hydroxylation is 2. The Bertz CT molecular complexity index is 623. The molecule has 0 N–H and O–H groups in total. The van der Waals surface area contributed by atoms with Gasteiger partial charge in [-0.05, 0) is 25.5 Å². The van der Waals surface area contributed by atoms with Gasteiger partial charge in [-0.1, -0.05) is 0 Å². The van der Waals surface area contributed by atoms with Crippen LogP contribution in [0, 0.1) is 6.92 Å². The Hall–Kier alpha value is -2.37. The van der Waals surface area contributed by atoms with Crippen molar-refractivity contribution in [1.29, 1.82) is 0 Å². The van der Waals surface area contributed by atoms with Crippen molar-refractivity contribution in [2.45, 2.75) is 19.9 Å². The quantitative estimate of drug-likeness (QED) is 0.844. The Morgan fingerprint density at radius 3 is 3.00 bits per heavy atom. The molecule has 6 nitrogen and oxygen atoms in total. The van der Waals surface area contributed by atoms with E-state index in [2.05, 4.69) is 14.5 Å². The van der Waals surface area contributed by atoms with E-state index >= 15 is 0 Å². The smallest absolute Gasteiger partial charge is 0.266 e. The zero-order valence-corrected chi connectivity index (χ0v) is 11.3. The van der Waals surface area contributed by atoms with Crippen LogP contribution in [0.3, 0.4) is 0 Å². The van der Waals surface area contributed by atoms with Crippen molar-refractivity contribution < 1.29 is 9.53 Å². The molecule has 20 heavy (non-hydrogen) atoms.